The van der Waals surface area contributed by atoms with Crippen molar-refractivity contribution in [3.63, 3.8) is 0 Å². The maximum absolute atomic E-state index is 11.6. The highest BCUT2D eigenvalue weighted by Crippen LogP contribution is 2.19. The Bertz CT molecular complexity index is 634. The molecular weight excluding hydrogens is 286 g/mol. The summed E-state index contributed by atoms with van der Waals surface area (Å²) in [4.78, 5) is 4.93. The summed E-state index contributed by atoms with van der Waals surface area (Å²) in [7, 11) is -3.16. The van der Waals surface area contributed by atoms with E-state index in [1.54, 1.807) is 6.07 Å². The number of rotatable bonds is 5. The predicted molar refractivity (Wildman–Crippen MR) is 85.3 cm³/mol. The first kappa shape index (κ1) is 15.8. The average molecular weight is 309 g/mol. The Hall–Kier alpha value is -1.56. The van der Waals surface area contributed by atoms with Gasteiger partial charge in [0.05, 0.1) is 11.4 Å². The molecule has 1 aliphatic rings. The Kier molecular flexibility index (Phi) is 4.88. The van der Waals surface area contributed by atoms with Gasteiger partial charge in [-0.3, -0.25) is 0 Å². The first-order valence-electron chi connectivity index (χ1n) is 7.24. The lowest BCUT2D eigenvalue weighted by molar-refractivity contribution is 0.601. The number of aryl methyl sites for hydroxylation is 1. The van der Waals surface area contributed by atoms with Crippen LogP contribution in [0.15, 0.2) is 28.1 Å². The van der Waals surface area contributed by atoms with Crippen LogP contribution < -0.4 is 10.6 Å². The van der Waals surface area contributed by atoms with E-state index < -0.39 is 9.84 Å². The predicted octanol–water partition coefficient (Wildman–Crippen LogP) is 1.62. The fourth-order valence-electron chi connectivity index (χ4n) is 2.14. The van der Waals surface area contributed by atoms with E-state index in [1.165, 1.54) is 19.1 Å². The van der Waals surface area contributed by atoms with Crippen molar-refractivity contribution in [3.8, 4) is 0 Å². The third-order valence-electron chi connectivity index (χ3n) is 3.32. The van der Waals surface area contributed by atoms with E-state index in [9.17, 15) is 8.42 Å². The standard InChI is InChI=1S/C15H23N3O2S/c1-4-16-15(18-13-6-7-13)17-10-12-5-8-14(11(2)9-12)21(3,19)20/h5,8-9,13H,4,6-7,10H2,1-3H3,(H2,16,17,18). The largest absolute Gasteiger partial charge is 0.357 e. The number of guanidine groups is 1. The second-order valence-corrected chi connectivity index (χ2v) is 7.47. The van der Waals surface area contributed by atoms with Crippen molar-refractivity contribution < 1.29 is 8.42 Å². The Morgan fingerprint density at radius 3 is 2.62 bits per heavy atom. The number of hydrogen-bond acceptors (Lipinski definition) is 3. The van der Waals surface area contributed by atoms with Crippen molar-refractivity contribution in [2.75, 3.05) is 12.8 Å². The molecule has 1 saturated carbocycles. The highest BCUT2D eigenvalue weighted by Gasteiger charge is 2.22. The molecule has 0 amide bonds. The van der Waals surface area contributed by atoms with E-state index >= 15 is 0 Å². The molecule has 0 spiro atoms. The molecule has 5 nitrogen and oxygen atoms in total. The average Bonchev–Trinajstić information content (AvgIpc) is 3.18. The van der Waals surface area contributed by atoms with Crippen molar-refractivity contribution in [3.05, 3.63) is 29.3 Å². The summed E-state index contributed by atoms with van der Waals surface area (Å²) in [6.45, 7) is 5.21. The van der Waals surface area contributed by atoms with Crippen LogP contribution in [0.2, 0.25) is 0 Å². The highest BCUT2D eigenvalue weighted by atomic mass is 32.2. The van der Waals surface area contributed by atoms with Gasteiger partial charge in [0.25, 0.3) is 0 Å². The maximum Gasteiger partial charge on any atom is 0.191 e. The van der Waals surface area contributed by atoms with Crippen molar-refractivity contribution in [1.29, 1.82) is 0 Å². The topological polar surface area (TPSA) is 70.6 Å². The minimum absolute atomic E-state index is 0.387. The molecule has 0 aliphatic heterocycles. The van der Waals surface area contributed by atoms with Crippen LogP contribution in [-0.2, 0) is 16.4 Å². The SMILES string of the molecule is CCNC(=NCc1ccc(S(C)(=O)=O)c(C)c1)NC1CC1. The van der Waals surface area contributed by atoms with Gasteiger partial charge in [0.15, 0.2) is 15.8 Å². The van der Waals surface area contributed by atoms with E-state index in [0.717, 1.165) is 23.6 Å². The Balaban J connectivity index is 2.09. The number of benzene rings is 1. The summed E-state index contributed by atoms with van der Waals surface area (Å²) in [5, 5.41) is 6.57. The molecule has 116 valence electrons. The van der Waals surface area contributed by atoms with Crippen LogP contribution in [0.25, 0.3) is 0 Å². The minimum atomic E-state index is -3.16. The molecule has 1 aliphatic carbocycles. The third-order valence-corrected chi connectivity index (χ3v) is 4.58. The van der Waals surface area contributed by atoms with Gasteiger partial charge in [-0.05, 0) is 43.9 Å². The summed E-state index contributed by atoms with van der Waals surface area (Å²) in [6, 6.07) is 5.93. The van der Waals surface area contributed by atoms with Crippen LogP contribution in [-0.4, -0.2) is 33.2 Å². The molecule has 0 bridgehead atoms. The molecule has 2 rings (SSSR count). The molecular formula is C15H23N3O2S. The van der Waals surface area contributed by atoms with E-state index in [4.69, 9.17) is 0 Å². The van der Waals surface area contributed by atoms with E-state index in [-0.39, 0.29) is 0 Å². The monoisotopic (exact) mass is 309 g/mol. The molecule has 21 heavy (non-hydrogen) atoms. The van der Waals surface area contributed by atoms with Crippen LogP contribution in [0.3, 0.4) is 0 Å². The van der Waals surface area contributed by atoms with Gasteiger partial charge in [0.2, 0.25) is 0 Å². The molecule has 0 aromatic heterocycles. The molecule has 0 heterocycles. The minimum Gasteiger partial charge on any atom is -0.357 e. The van der Waals surface area contributed by atoms with Crippen molar-refractivity contribution in [2.24, 2.45) is 4.99 Å². The lowest BCUT2D eigenvalue weighted by atomic mass is 10.1. The molecule has 1 fully saturated rings. The molecule has 6 heteroatoms. The summed E-state index contributed by atoms with van der Waals surface area (Å²) < 4.78 is 23.2. The second kappa shape index (κ2) is 6.47. The summed E-state index contributed by atoms with van der Waals surface area (Å²) in [6.07, 6.45) is 3.63. The van der Waals surface area contributed by atoms with Crippen molar-refractivity contribution >= 4 is 15.8 Å². The van der Waals surface area contributed by atoms with E-state index in [0.29, 0.717) is 17.5 Å². The number of nitrogens with zero attached hydrogens (tertiary/aromatic N) is 1. The smallest absolute Gasteiger partial charge is 0.191 e. The summed E-state index contributed by atoms with van der Waals surface area (Å²) in [5.74, 6) is 0.824. The normalized spacial score (nSPS) is 15.9. The van der Waals surface area contributed by atoms with Crippen LogP contribution >= 0.6 is 0 Å². The van der Waals surface area contributed by atoms with Gasteiger partial charge in [-0.1, -0.05) is 12.1 Å². The van der Waals surface area contributed by atoms with Crippen molar-refractivity contribution in [1.82, 2.24) is 10.6 Å². The van der Waals surface area contributed by atoms with Crippen LogP contribution in [0.4, 0.5) is 0 Å². The molecule has 2 N–H and O–H groups in total. The molecule has 1 aromatic rings. The zero-order valence-electron chi connectivity index (χ0n) is 12.8. The number of aliphatic imine (C=N–C) groups is 1. The molecule has 1 aromatic carbocycles. The van der Waals surface area contributed by atoms with Gasteiger partial charge >= 0.3 is 0 Å². The zero-order chi connectivity index (χ0) is 15.5. The Morgan fingerprint density at radius 2 is 2.10 bits per heavy atom. The molecule has 0 radical (unpaired) electrons. The van der Waals surface area contributed by atoms with Gasteiger partial charge in [-0.25, -0.2) is 13.4 Å². The van der Waals surface area contributed by atoms with Gasteiger partial charge in [-0.15, -0.1) is 0 Å². The first-order chi connectivity index (χ1) is 9.90. The quantitative estimate of drug-likeness (QED) is 0.640. The zero-order valence-corrected chi connectivity index (χ0v) is 13.6. The molecule has 0 unspecified atom stereocenters. The maximum atomic E-state index is 11.6. The fourth-order valence-corrected chi connectivity index (χ4v) is 3.10. The van der Waals surface area contributed by atoms with E-state index in [2.05, 4.69) is 15.6 Å². The molecule has 0 atom stereocenters. The van der Waals surface area contributed by atoms with Crippen LogP contribution in [0.1, 0.15) is 30.9 Å². The van der Waals surface area contributed by atoms with E-state index in [1.807, 2.05) is 26.0 Å². The number of nitrogens with one attached hydrogen (secondary N) is 2. The number of sulfone groups is 1. The Morgan fingerprint density at radius 1 is 1.38 bits per heavy atom. The summed E-state index contributed by atoms with van der Waals surface area (Å²) >= 11 is 0. The first-order valence-corrected chi connectivity index (χ1v) is 9.13. The summed E-state index contributed by atoms with van der Waals surface area (Å²) in [5.41, 5.74) is 1.78. The Labute approximate surface area is 126 Å². The van der Waals surface area contributed by atoms with Gasteiger partial charge in [-0.2, -0.15) is 0 Å². The molecule has 0 saturated heterocycles. The van der Waals surface area contributed by atoms with Crippen molar-refractivity contribution in [2.45, 2.75) is 44.2 Å². The van der Waals surface area contributed by atoms with Gasteiger partial charge < -0.3 is 10.6 Å². The third kappa shape index (κ3) is 4.74. The van der Waals surface area contributed by atoms with Crippen LogP contribution in [0.5, 0.6) is 0 Å². The fraction of sp³-hybridized carbons (Fsp3) is 0.533. The highest BCUT2D eigenvalue weighted by molar-refractivity contribution is 7.90. The number of hydrogen-bond donors (Lipinski definition) is 2. The lowest BCUT2D eigenvalue weighted by Gasteiger charge is -2.10. The van der Waals surface area contributed by atoms with Gasteiger partial charge in [0, 0.05) is 18.8 Å². The second-order valence-electron chi connectivity index (χ2n) is 5.49. The lowest BCUT2D eigenvalue weighted by Crippen LogP contribution is -2.38. The van der Waals surface area contributed by atoms with Crippen LogP contribution in [0, 0.1) is 6.92 Å². The van der Waals surface area contributed by atoms with Gasteiger partial charge in [0.1, 0.15) is 0 Å².